The maximum atomic E-state index is 14.8. The third kappa shape index (κ3) is 4.52. The van der Waals surface area contributed by atoms with Crippen LogP contribution in [0.1, 0.15) is 31.2 Å². The van der Waals surface area contributed by atoms with Crippen molar-refractivity contribution < 1.29 is 24.3 Å². The SMILES string of the molecule is C[C@@]12C(=O)N(c3ccccc3)C(=O)[C@@H]1C[C@@H]1C(=CC[C@@H]3C(=O)N(c4ccc(Nc5ccccc5)cc4)C(=O)[C@@H]31)[C@@H]2c1c(O)ccc2ccccc12. The summed E-state index contributed by atoms with van der Waals surface area (Å²) in [5.74, 6) is -4.48. The summed E-state index contributed by atoms with van der Waals surface area (Å²) in [6, 6.07) is 37.1. The van der Waals surface area contributed by atoms with E-state index in [4.69, 9.17) is 0 Å². The Hall–Kier alpha value is -6.02. The third-order valence-corrected chi connectivity index (χ3v) is 11.7. The first-order valence-electron chi connectivity index (χ1n) is 17.4. The lowest BCUT2D eigenvalue weighted by molar-refractivity contribution is -0.131. The van der Waals surface area contributed by atoms with Gasteiger partial charge in [0, 0.05) is 22.9 Å². The Kier molecular flexibility index (Phi) is 7.00. The first-order valence-corrected chi connectivity index (χ1v) is 17.4. The number of hydrogen-bond donors (Lipinski definition) is 2. The summed E-state index contributed by atoms with van der Waals surface area (Å²) >= 11 is 0. The first-order chi connectivity index (χ1) is 24.8. The number of anilines is 4. The molecule has 252 valence electrons. The van der Waals surface area contributed by atoms with Gasteiger partial charge in [0.15, 0.2) is 0 Å². The summed E-state index contributed by atoms with van der Waals surface area (Å²) in [4.78, 5) is 60.5. The standard InChI is InChI=1S/C43H35N3O5/c1-43-34(40(49)46(42(43)51)28-13-6-3-7-14-28)24-33-31(38(43)37-30-15-9-8-10-25(30)16-23-35(37)47)21-22-32-36(33)41(50)45(39(32)48)29-19-17-27(18-20-29)44-26-11-4-2-5-12-26/h2-21,23,32-34,36,38,44,47H,22,24H2,1H3/t32-,33+,34-,36-,38+,43+/m0/s1. The van der Waals surface area contributed by atoms with Crippen LogP contribution < -0.4 is 15.1 Å². The highest BCUT2D eigenvalue weighted by molar-refractivity contribution is 6.25. The Labute approximate surface area is 295 Å². The predicted octanol–water partition coefficient (Wildman–Crippen LogP) is 7.72. The van der Waals surface area contributed by atoms with E-state index in [1.165, 1.54) is 9.80 Å². The zero-order valence-corrected chi connectivity index (χ0v) is 27.9. The lowest BCUT2D eigenvalue weighted by Gasteiger charge is -2.49. The monoisotopic (exact) mass is 673 g/mol. The van der Waals surface area contributed by atoms with E-state index in [0.717, 1.165) is 27.7 Å². The van der Waals surface area contributed by atoms with E-state index < -0.39 is 35.0 Å². The van der Waals surface area contributed by atoms with Gasteiger partial charge in [0.25, 0.3) is 0 Å². The Morgan fingerprint density at radius 2 is 1.31 bits per heavy atom. The van der Waals surface area contributed by atoms with Crippen molar-refractivity contribution in [1.29, 1.82) is 0 Å². The number of fused-ring (bicyclic) bond motifs is 5. The van der Waals surface area contributed by atoms with Gasteiger partial charge >= 0.3 is 0 Å². The van der Waals surface area contributed by atoms with Gasteiger partial charge in [-0.1, -0.05) is 78.4 Å². The molecule has 2 aliphatic carbocycles. The number of phenols is 1. The van der Waals surface area contributed by atoms with Crippen molar-refractivity contribution >= 4 is 57.2 Å². The molecule has 51 heavy (non-hydrogen) atoms. The van der Waals surface area contributed by atoms with Crippen LogP contribution in [0.5, 0.6) is 5.75 Å². The number of allylic oxidation sites excluding steroid dienone is 2. The molecule has 9 rings (SSSR count). The lowest BCUT2D eigenvalue weighted by Crippen LogP contribution is -2.49. The highest BCUT2D eigenvalue weighted by Gasteiger charge is 2.68. The van der Waals surface area contributed by atoms with Crippen molar-refractivity contribution in [3.63, 3.8) is 0 Å². The van der Waals surface area contributed by atoms with Crippen LogP contribution in [0.25, 0.3) is 10.8 Å². The number of hydrogen-bond acceptors (Lipinski definition) is 6. The Morgan fingerprint density at radius 3 is 2.06 bits per heavy atom. The average molecular weight is 674 g/mol. The number of rotatable bonds is 5. The molecule has 2 N–H and O–H groups in total. The summed E-state index contributed by atoms with van der Waals surface area (Å²) < 4.78 is 0. The van der Waals surface area contributed by atoms with Crippen LogP contribution in [0, 0.1) is 29.1 Å². The molecular weight excluding hydrogens is 638 g/mol. The second kappa shape index (κ2) is 11.5. The van der Waals surface area contributed by atoms with Crippen LogP contribution in [-0.4, -0.2) is 28.7 Å². The smallest absolute Gasteiger partial charge is 0.241 e. The Balaban J connectivity index is 1.14. The second-order valence-corrected chi connectivity index (χ2v) is 14.3. The van der Waals surface area contributed by atoms with Crippen LogP contribution in [0.3, 0.4) is 0 Å². The highest BCUT2D eigenvalue weighted by Crippen LogP contribution is 2.65. The van der Waals surface area contributed by atoms with Gasteiger partial charge in [-0.3, -0.25) is 24.1 Å². The molecule has 8 heteroatoms. The maximum absolute atomic E-state index is 14.8. The molecule has 5 aromatic rings. The van der Waals surface area contributed by atoms with E-state index >= 15 is 0 Å². The van der Waals surface area contributed by atoms with Crippen LogP contribution in [0.2, 0.25) is 0 Å². The highest BCUT2D eigenvalue weighted by atomic mass is 16.3. The van der Waals surface area contributed by atoms with Crippen molar-refractivity contribution in [2.75, 3.05) is 15.1 Å². The van der Waals surface area contributed by atoms with E-state index in [2.05, 4.69) is 5.32 Å². The number of aromatic hydroxyl groups is 1. The number of carbonyl (C=O) groups excluding carboxylic acids is 4. The van der Waals surface area contributed by atoms with Gasteiger partial charge in [0.2, 0.25) is 23.6 Å². The minimum absolute atomic E-state index is 0.0282. The number of imide groups is 2. The second-order valence-electron chi connectivity index (χ2n) is 14.3. The van der Waals surface area contributed by atoms with E-state index in [0.29, 0.717) is 23.4 Å². The minimum atomic E-state index is -1.25. The molecule has 6 atom stereocenters. The molecule has 3 fully saturated rings. The van der Waals surface area contributed by atoms with E-state index in [1.54, 1.807) is 42.5 Å². The van der Waals surface area contributed by atoms with E-state index in [9.17, 15) is 24.3 Å². The van der Waals surface area contributed by atoms with Crippen molar-refractivity contribution in [3.05, 3.63) is 139 Å². The summed E-state index contributed by atoms with van der Waals surface area (Å²) in [6.45, 7) is 1.84. The van der Waals surface area contributed by atoms with E-state index in [-0.39, 0.29) is 35.8 Å². The average Bonchev–Trinajstić information content (AvgIpc) is 3.52. The lowest BCUT2D eigenvalue weighted by atomic mass is 9.51. The summed E-state index contributed by atoms with van der Waals surface area (Å²) in [5.41, 5.74) is 2.88. The van der Waals surface area contributed by atoms with Gasteiger partial charge in [-0.15, -0.1) is 0 Å². The van der Waals surface area contributed by atoms with Gasteiger partial charge in [-0.05, 0) is 91.1 Å². The molecule has 0 aromatic heterocycles. The molecule has 1 saturated carbocycles. The van der Waals surface area contributed by atoms with Gasteiger partial charge in [-0.25, -0.2) is 4.90 Å². The van der Waals surface area contributed by atoms with Gasteiger partial charge in [0.1, 0.15) is 5.75 Å². The van der Waals surface area contributed by atoms with Crippen molar-refractivity contribution in [1.82, 2.24) is 0 Å². The number of para-hydroxylation sites is 2. The van der Waals surface area contributed by atoms with Crippen molar-refractivity contribution in [2.24, 2.45) is 29.1 Å². The normalized spacial score (nSPS) is 26.9. The first kappa shape index (κ1) is 31.0. The molecule has 2 saturated heterocycles. The zero-order chi connectivity index (χ0) is 35.0. The summed E-state index contributed by atoms with van der Waals surface area (Å²) in [7, 11) is 0. The quantitative estimate of drug-likeness (QED) is 0.146. The molecule has 4 aliphatic rings. The van der Waals surface area contributed by atoms with Crippen LogP contribution in [-0.2, 0) is 19.2 Å². The van der Waals surface area contributed by atoms with Crippen LogP contribution >= 0.6 is 0 Å². The number of amides is 4. The number of nitrogens with one attached hydrogen (secondary N) is 1. The van der Waals surface area contributed by atoms with Crippen molar-refractivity contribution in [3.8, 4) is 5.75 Å². The number of phenolic OH excluding ortho intramolecular Hbond substituents is 1. The van der Waals surface area contributed by atoms with Crippen LogP contribution in [0.4, 0.5) is 22.7 Å². The van der Waals surface area contributed by atoms with Gasteiger partial charge < -0.3 is 10.4 Å². The molecule has 0 unspecified atom stereocenters. The predicted molar refractivity (Wildman–Crippen MR) is 195 cm³/mol. The molecular formula is C43H35N3O5. The largest absolute Gasteiger partial charge is 0.508 e. The molecule has 0 bridgehead atoms. The molecule has 0 radical (unpaired) electrons. The number of benzene rings is 5. The summed E-state index contributed by atoms with van der Waals surface area (Å²) in [5, 5.41) is 16.6. The molecule has 0 spiro atoms. The fourth-order valence-electron chi connectivity index (χ4n) is 9.37. The fourth-order valence-corrected chi connectivity index (χ4v) is 9.37. The molecule has 5 aromatic carbocycles. The molecule has 4 amide bonds. The summed E-state index contributed by atoms with van der Waals surface area (Å²) in [6.07, 6.45) is 2.58. The molecule has 8 nitrogen and oxygen atoms in total. The maximum Gasteiger partial charge on any atom is 0.241 e. The molecule has 2 aliphatic heterocycles. The fraction of sp³-hybridized carbons (Fsp3) is 0.209. The minimum Gasteiger partial charge on any atom is -0.508 e. The van der Waals surface area contributed by atoms with Crippen LogP contribution in [0.15, 0.2) is 133 Å². The number of carbonyl (C=O) groups is 4. The number of nitrogens with zero attached hydrogens (tertiary/aromatic N) is 2. The van der Waals surface area contributed by atoms with E-state index in [1.807, 2.05) is 91.9 Å². The van der Waals surface area contributed by atoms with Gasteiger partial charge in [0.05, 0.1) is 34.5 Å². The Morgan fingerprint density at radius 1 is 0.667 bits per heavy atom. The van der Waals surface area contributed by atoms with Gasteiger partial charge in [-0.2, -0.15) is 0 Å². The molecule has 2 heterocycles. The third-order valence-electron chi connectivity index (χ3n) is 11.7. The Bertz CT molecular complexity index is 2290. The van der Waals surface area contributed by atoms with Crippen molar-refractivity contribution in [2.45, 2.75) is 25.7 Å². The zero-order valence-electron chi connectivity index (χ0n) is 27.9. The topological polar surface area (TPSA) is 107 Å².